The molecule has 0 aliphatic carbocycles. The molecule has 3 nitrogen and oxygen atoms in total. The standard InChI is InChI=1S/C12H20BrN3/c1-4-7-11-15-10(13)8-12(16-11)14-9(5-2)6-3/h8-9H,4-7H2,1-3H3,(H,14,15,16). The zero-order valence-electron chi connectivity index (χ0n) is 10.3. The van der Waals surface area contributed by atoms with Crippen molar-refractivity contribution in [1.82, 2.24) is 9.97 Å². The number of halogens is 1. The van der Waals surface area contributed by atoms with Crippen LogP contribution in [0.1, 0.15) is 45.9 Å². The molecule has 1 rings (SSSR count). The van der Waals surface area contributed by atoms with E-state index in [-0.39, 0.29) is 0 Å². The summed E-state index contributed by atoms with van der Waals surface area (Å²) < 4.78 is 0.861. The maximum Gasteiger partial charge on any atom is 0.132 e. The lowest BCUT2D eigenvalue weighted by Crippen LogP contribution is -2.18. The van der Waals surface area contributed by atoms with E-state index in [2.05, 4.69) is 52.0 Å². The fourth-order valence-electron chi connectivity index (χ4n) is 1.58. The van der Waals surface area contributed by atoms with Crippen LogP contribution >= 0.6 is 15.9 Å². The molecule has 0 radical (unpaired) electrons. The Morgan fingerprint density at radius 2 is 1.94 bits per heavy atom. The zero-order chi connectivity index (χ0) is 12.0. The minimum absolute atomic E-state index is 0.497. The number of hydrogen-bond acceptors (Lipinski definition) is 3. The van der Waals surface area contributed by atoms with Gasteiger partial charge in [-0.25, -0.2) is 9.97 Å². The van der Waals surface area contributed by atoms with Gasteiger partial charge in [0, 0.05) is 18.5 Å². The van der Waals surface area contributed by atoms with E-state index in [1.54, 1.807) is 0 Å². The van der Waals surface area contributed by atoms with Gasteiger partial charge in [0.05, 0.1) is 0 Å². The summed E-state index contributed by atoms with van der Waals surface area (Å²) in [5, 5.41) is 3.44. The van der Waals surface area contributed by atoms with Crippen LogP contribution in [-0.2, 0) is 6.42 Å². The highest BCUT2D eigenvalue weighted by molar-refractivity contribution is 9.10. The molecule has 0 unspecified atom stereocenters. The molecule has 0 saturated heterocycles. The van der Waals surface area contributed by atoms with E-state index in [1.165, 1.54) is 0 Å². The summed E-state index contributed by atoms with van der Waals surface area (Å²) in [6.07, 6.45) is 4.22. The Bertz CT molecular complexity index is 324. The van der Waals surface area contributed by atoms with Crippen LogP contribution in [0, 0.1) is 0 Å². The van der Waals surface area contributed by atoms with Crippen LogP contribution in [0.5, 0.6) is 0 Å². The fraction of sp³-hybridized carbons (Fsp3) is 0.667. The molecule has 1 aromatic rings. The third-order valence-electron chi connectivity index (χ3n) is 2.55. The molecule has 0 atom stereocenters. The molecule has 0 aliphatic heterocycles. The first-order valence-electron chi connectivity index (χ1n) is 5.99. The van der Waals surface area contributed by atoms with Crippen molar-refractivity contribution in [2.24, 2.45) is 0 Å². The average molecular weight is 286 g/mol. The van der Waals surface area contributed by atoms with Crippen LogP contribution in [0.15, 0.2) is 10.7 Å². The molecular formula is C12H20BrN3. The predicted molar refractivity (Wildman–Crippen MR) is 71.7 cm³/mol. The largest absolute Gasteiger partial charge is 0.367 e. The second-order valence-corrected chi connectivity index (χ2v) is 4.71. The van der Waals surface area contributed by atoms with Gasteiger partial charge in [0.25, 0.3) is 0 Å². The molecule has 0 aromatic carbocycles. The van der Waals surface area contributed by atoms with E-state index in [4.69, 9.17) is 0 Å². The molecule has 1 aromatic heterocycles. The van der Waals surface area contributed by atoms with Crippen molar-refractivity contribution >= 4 is 21.7 Å². The van der Waals surface area contributed by atoms with Crippen LogP contribution in [0.2, 0.25) is 0 Å². The van der Waals surface area contributed by atoms with Gasteiger partial charge in [0.2, 0.25) is 0 Å². The van der Waals surface area contributed by atoms with E-state index in [9.17, 15) is 0 Å². The molecule has 16 heavy (non-hydrogen) atoms. The van der Waals surface area contributed by atoms with Gasteiger partial charge in [-0.1, -0.05) is 20.8 Å². The third kappa shape index (κ3) is 4.08. The summed E-state index contributed by atoms with van der Waals surface area (Å²) in [4.78, 5) is 8.85. The number of nitrogens with one attached hydrogen (secondary N) is 1. The number of aromatic nitrogens is 2. The van der Waals surface area contributed by atoms with Crippen LogP contribution in [0.3, 0.4) is 0 Å². The maximum atomic E-state index is 4.51. The second kappa shape index (κ2) is 6.84. The molecule has 1 heterocycles. The van der Waals surface area contributed by atoms with Gasteiger partial charge in [-0.3, -0.25) is 0 Å². The Kier molecular flexibility index (Phi) is 5.74. The highest BCUT2D eigenvalue weighted by Gasteiger charge is 2.06. The summed E-state index contributed by atoms with van der Waals surface area (Å²) >= 11 is 3.43. The first-order valence-corrected chi connectivity index (χ1v) is 6.78. The molecule has 1 N–H and O–H groups in total. The van der Waals surface area contributed by atoms with Gasteiger partial charge >= 0.3 is 0 Å². The maximum absolute atomic E-state index is 4.51. The number of nitrogens with zero attached hydrogens (tertiary/aromatic N) is 2. The van der Waals surface area contributed by atoms with Crippen LogP contribution < -0.4 is 5.32 Å². The molecule has 0 fully saturated rings. The normalized spacial score (nSPS) is 10.8. The number of aryl methyl sites for hydroxylation is 1. The van der Waals surface area contributed by atoms with Crippen molar-refractivity contribution in [2.75, 3.05) is 5.32 Å². The minimum atomic E-state index is 0.497. The molecule has 90 valence electrons. The Hall–Kier alpha value is -0.640. The molecule has 4 heteroatoms. The Morgan fingerprint density at radius 3 is 2.50 bits per heavy atom. The van der Waals surface area contributed by atoms with E-state index in [0.717, 1.165) is 41.9 Å². The summed E-state index contributed by atoms with van der Waals surface area (Å²) in [6.45, 7) is 6.51. The first-order chi connectivity index (χ1) is 7.69. The number of anilines is 1. The van der Waals surface area contributed by atoms with Crippen molar-refractivity contribution in [3.63, 3.8) is 0 Å². The fourth-order valence-corrected chi connectivity index (χ4v) is 2.00. The highest BCUT2D eigenvalue weighted by atomic mass is 79.9. The Morgan fingerprint density at radius 1 is 1.25 bits per heavy atom. The summed E-state index contributed by atoms with van der Waals surface area (Å²) in [6, 6.07) is 2.44. The number of hydrogen-bond donors (Lipinski definition) is 1. The third-order valence-corrected chi connectivity index (χ3v) is 2.96. The van der Waals surface area contributed by atoms with E-state index >= 15 is 0 Å². The monoisotopic (exact) mass is 285 g/mol. The molecule has 0 spiro atoms. The smallest absolute Gasteiger partial charge is 0.132 e. The highest BCUT2D eigenvalue weighted by Crippen LogP contribution is 2.15. The first kappa shape index (κ1) is 13.4. The van der Waals surface area contributed by atoms with E-state index in [1.807, 2.05) is 6.07 Å². The lowest BCUT2D eigenvalue weighted by molar-refractivity contribution is 0.666. The Balaban J connectivity index is 2.78. The van der Waals surface area contributed by atoms with Gasteiger partial charge in [0.15, 0.2) is 0 Å². The van der Waals surface area contributed by atoms with Crippen molar-refractivity contribution in [1.29, 1.82) is 0 Å². The predicted octanol–water partition coefficient (Wildman–Crippen LogP) is 3.79. The Labute approximate surface area is 106 Å². The molecule has 0 saturated carbocycles. The van der Waals surface area contributed by atoms with Crippen molar-refractivity contribution < 1.29 is 0 Å². The van der Waals surface area contributed by atoms with E-state index < -0.39 is 0 Å². The molecule has 0 aliphatic rings. The van der Waals surface area contributed by atoms with Crippen molar-refractivity contribution in [3.8, 4) is 0 Å². The summed E-state index contributed by atoms with van der Waals surface area (Å²) in [7, 11) is 0. The minimum Gasteiger partial charge on any atom is -0.367 e. The molecular weight excluding hydrogens is 266 g/mol. The topological polar surface area (TPSA) is 37.8 Å². The summed E-state index contributed by atoms with van der Waals surface area (Å²) in [5.74, 6) is 1.84. The lowest BCUT2D eigenvalue weighted by atomic mass is 10.2. The van der Waals surface area contributed by atoms with Crippen molar-refractivity contribution in [3.05, 3.63) is 16.5 Å². The summed E-state index contributed by atoms with van der Waals surface area (Å²) in [5.41, 5.74) is 0. The second-order valence-electron chi connectivity index (χ2n) is 3.90. The molecule has 0 amide bonds. The van der Waals surface area contributed by atoms with Gasteiger partial charge in [-0.05, 0) is 35.2 Å². The quantitative estimate of drug-likeness (QED) is 0.808. The SMILES string of the molecule is CCCc1nc(Br)cc(NC(CC)CC)n1. The average Bonchev–Trinajstić information content (AvgIpc) is 2.25. The van der Waals surface area contributed by atoms with Gasteiger partial charge in [-0.15, -0.1) is 0 Å². The van der Waals surface area contributed by atoms with Crippen molar-refractivity contribution in [2.45, 2.75) is 52.5 Å². The lowest BCUT2D eigenvalue weighted by Gasteiger charge is -2.15. The van der Waals surface area contributed by atoms with Crippen LogP contribution in [0.4, 0.5) is 5.82 Å². The zero-order valence-corrected chi connectivity index (χ0v) is 11.8. The van der Waals surface area contributed by atoms with Crippen LogP contribution in [0.25, 0.3) is 0 Å². The molecule has 0 bridgehead atoms. The van der Waals surface area contributed by atoms with Gasteiger partial charge in [-0.2, -0.15) is 0 Å². The van der Waals surface area contributed by atoms with Gasteiger partial charge < -0.3 is 5.32 Å². The van der Waals surface area contributed by atoms with E-state index in [0.29, 0.717) is 6.04 Å². The number of rotatable bonds is 6. The van der Waals surface area contributed by atoms with Crippen LogP contribution in [-0.4, -0.2) is 16.0 Å². The van der Waals surface area contributed by atoms with Gasteiger partial charge in [0.1, 0.15) is 16.2 Å².